The third kappa shape index (κ3) is 9.32. The van der Waals surface area contributed by atoms with Gasteiger partial charge in [-0.2, -0.15) is 0 Å². The number of nitrogens with zero attached hydrogens (tertiary/aromatic N) is 2. The van der Waals surface area contributed by atoms with Gasteiger partial charge in [0.25, 0.3) is 5.91 Å². The number of carboxylic acid groups (broad SMARTS) is 1. The summed E-state index contributed by atoms with van der Waals surface area (Å²) < 4.78 is 0.315. The summed E-state index contributed by atoms with van der Waals surface area (Å²) in [7, 11) is 0. The zero-order valence-corrected chi connectivity index (χ0v) is 27.4. The highest BCUT2D eigenvalue weighted by molar-refractivity contribution is 8.26. The number of fused-ring (bicyclic) bond motifs is 3. The summed E-state index contributed by atoms with van der Waals surface area (Å²) in [4.78, 5) is 28.2. The molecule has 5 nitrogen and oxygen atoms in total. The van der Waals surface area contributed by atoms with Crippen molar-refractivity contribution in [3.63, 3.8) is 0 Å². The van der Waals surface area contributed by atoms with E-state index in [1.165, 1.54) is 150 Å². The minimum absolute atomic E-state index is 0.309. The molecule has 1 aromatic carbocycles. The Morgan fingerprint density at radius 2 is 1.52 bits per heavy atom. The van der Waals surface area contributed by atoms with Crippen molar-refractivity contribution in [2.45, 2.75) is 141 Å². The van der Waals surface area contributed by atoms with Gasteiger partial charge in [-0.05, 0) is 48.6 Å². The summed E-state index contributed by atoms with van der Waals surface area (Å²) in [5, 5.41) is 9.10. The number of amides is 1. The highest BCUT2D eigenvalue weighted by Gasteiger charge is 2.41. The Morgan fingerprint density at radius 3 is 2.12 bits per heavy atom. The molecule has 2 heterocycles. The number of carboxylic acids is 1. The van der Waals surface area contributed by atoms with Crippen molar-refractivity contribution in [1.29, 1.82) is 0 Å². The fourth-order valence-corrected chi connectivity index (χ4v) is 8.37. The number of carbonyl (C=O) groups is 2. The van der Waals surface area contributed by atoms with Crippen LogP contribution in [0.15, 0.2) is 23.1 Å². The van der Waals surface area contributed by atoms with E-state index in [9.17, 15) is 9.59 Å². The van der Waals surface area contributed by atoms with E-state index < -0.39 is 5.97 Å². The quantitative estimate of drug-likeness (QED) is 0.0899. The highest BCUT2D eigenvalue weighted by Crippen LogP contribution is 2.49. The monoisotopic (exact) mass is 612 g/mol. The molecule has 1 aromatic rings. The van der Waals surface area contributed by atoms with Gasteiger partial charge in [-0.25, -0.2) is 0 Å². The summed E-state index contributed by atoms with van der Waals surface area (Å²) in [5.41, 5.74) is 3.80. The molecule has 0 bridgehead atoms. The van der Waals surface area contributed by atoms with Gasteiger partial charge in [-0.3, -0.25) is 14.5 Å². The van der Waals surface area contributed by atoms with Crippen molar-refractivity contribution in [3.05, 3.63) is 34.2 Å². The maximum atomic E-state index is 12.7. The van der Waals surface area contributed by atoms with Crippen LogP contribution in [0, 0.1) is 0 Å². The van der Waals surface area contributed by atoms with E-state index >= 15 is 0 Å². The second-order valence-corrected chi connectivity index (χ2v) is 14.3. The zero-order chi connectivity index (χ0) is 29.7. The van der Waals surface area contributed by atoms with Gasteiger partial charge in [0.1, 0.15) is 10.9 Å². The highest BCUT2D eigenvalue weighted by atomic mass is 32.2. The van der Waals surface area contributed by atoms with Crippen LogP contribution in [0.1, 0.15) is 146 Å². The molecule has 2 aliphatic heterocycles. The number of thiocarbonyl (C=S) groups is 1. The first kappa shape index (κ1) is 33.0. The van der Waals surface area contributed by atoms with Crippen molar-refractivity contribution < 1.29 is 14.7 Å². The lowest BCUT2D eigenvalue weighted by Crippen LogP contribution is -2.33. The van der Waals surface area contributed by atoms with E-state index in [2.05, 4.69) is 30.0 Å². The zero-order valence-electron chi connectivity index (χ0n) is 25.8. The van der Waals surface area contributed by atoms with E-state index in [0.717, 1.165) is 12.1 Å². The Balaban J connectivity index is 1.15. The third-order valence-electron chi connectivity index (χ3n) is 9.36. The van der Waals surface area contributed by atoms with Gasteiger partial charge < -0.3 is 10.0 Å². The van der Waals surface area contributed by atoms with Gasteiger partial charge in [-0.1, -0.05) is 140 Å². The molecule has 0 aromatic heterocycles. The van der Waals surface area contributed by atoms with Crippen LogP contribution >= 0.6 is 24.0 Å². The summed E-state index contributed by atoms with van der Waals surface area (Å²) in [5.74, 6) is -0.783. The molecular formula is C35H52N2O3S2. The molecule has 1 amide bonds. The Labute approximate surface area is 263 Å². The first-order chi connectivity index (χ1) is 20.5. The number of aliphatic carboxylic acids is 1. The van der Waals surface area contributed by atoms with Gasteiger partial charge in [0.2, 0.25) is 0 Å². The van der Waals surface area contributed by atoms with Crippen molar-refractivity contribution in [2.75, 3.05) is 18.0 Å². The van der Waals surface area contributed by atoms with E-state index in [1.54, 1.807) is 0 Å². The van der Waals surface area contributed by atoms with Crippen LogP contribution in [0.3, 0.4) is 0 Å². The third-order valence-corrected chi connectivity index (χ3v) is 10.7. The van der Waals surface area contributed by atoms with E-state index in [-0.39, 0.29) is 12.5 Å². The van der Waals surface area contributed by atoms with Gasteiger partial charge in [-0.15, -0.1) is 0 Å². The summed E-state index contributed by atoms with van der Waals surface area (Å²) in [6.07, 6.45) is 28.0. The van der Waals surface area contributed by atoms with E-state index in [1.807, 2.05) is 6.08 Å². The Kier molecular flexibility index (Phi) is 13.7. The molecule has 3 aliphatic rings. The standard InChI is InChI=1S/C35H52N2O3S2/c1-2-3-4-5-6-7-8-9-10-11-12-13-14-15-16-17-23-36-30-20-18-19-28(30)29-24-27(21-22-31(29)36)25-32-34(40)37(26-33(38)39)35(41)42-32/h21-22,24-25,28,30H,2-20,23,26H2,1H3,(H,38,39)/b32-25-. The minimum Gasteiger partial charge on any atom is -0.480 e. The summed E-state index contributed by atoms with van der Waals surface area (Å²) in [6.45, 7) is 3.04. The first-order valence-electron chi connectivity index (χ1n) is 16.9. The van der Waals surface area contributed by atoms with Crippen LogP contribution in [-0.2, 0) is 9.59 Å². The second kappa shape index (κ2) is 17.4. The molecule has 232 valence electrons. The Morgan fingerprint density at radius 1 is 0.929 bits per heavy atom. The smallest absolute Gasteiger partial charge is 0.323 e. The molecule has 1 saturated heterocycles. The average molecular weight is 613 g/mol. The lowest BCUT2D eigenvalue weighted by atomic mass is 9.96. The van der Waals surface area contributed by atoms with Gasteiger partial charge in [0.05, 0.1) is 4.91 Å². The molecular weight excluding hydrogens is 561 g/mol. The van der Waals surface area contributed by atoms with E-state index in [4.69, 9.17) is 17.3 Å². The van der Waals surface area contributed by atoms with Crippen LogP contribution in [0.2, 0.25) is 0 Å². The molecule has 2 unspecified atom stereocenters. The number of thioether (sulfide) groups is 1. The molecule has 0 spiro atoms. The predicted octanol–water partition coefficient (Wildman–Crippen LogP) is 9.69. The first-order valence-corrected chi connectivity index (χ1v) is 18.1. The number of carbonyl (C=O) groups excluding carboxylic acids is 1. The SMILES string of the molecule is CCCCCCCCCCCCCCCCCCN1c2ccc(/C=C3\SC(=S)N(CC(=O)O)C3=O)cc2C2CCCC21. The number of rotatable bonds is 20. The fraction of sp³-hybridized carbons (Fsp3) is 0.686. The average Bonchev–Trinajstić information content (AvgIpc) is 3.63. The Bertz CT molecular complexity index is 1090. The van der Waals surface area contributed by atoms with Crippen LogP contribution in [0.5, 0.6) is 0 Å². The molecule has 1 aliphatic carbocycles. The molecule has 1 saturated carbocycles. The predicted molar refractivity (Wildman–Crippen MR) is 181 cm³/mol. The molecule has 2 atom stereocenters. The number of hydrogen-bond acceptors (Lipinski definition) is 5. The lowest BCUT2D eigenvalue weighted by molar-refractivity contribution is -0.140. The number of unbranched alkanes of at least 4 members (excludes halogenated alkanes) is 15. The molecule has 0 radical (unpaired) electrons. The second-order valence-electron chi connectivity index (χ2n) is 12.6. The summed E-state index contributed by atoms with van der Waals surface area (Å²) in [6, 6.07) is 7.21. The van der Waals surface area contributed by atoms with Crippen molar-refractivity contribution in [1.82, 2.24) is 4.90 Å². The molecule has 2 fully saturated rings. The molecule has 42 heavy (non-hydrogen) atoms. The summed E-state index contributed by atoms with van der Waals surface area (Å²) >= 11 is 6.45. The molecule has 7 heteroatoms. The van der Waals surface area contributed by atoms with Crippen LogP contribution in [-0.4, -0.2) is 45.3 Å². The van der Waals surface area contributed by atoms with Crippen molar-refractivity contribution in [3.8, 4) is 0 Å². The number of benzene rings is 1. The minimum atomic E-state index is -1.05. The van der Waals surface area contributed by atoms with Gasteiger partial charge in [0.15, 0.2) is 0 Å². The maximum Gasteiger partial charge on any atom is 0.323 e. The van der Waals surface area contributed by atoms with Crippen LogP contribution in [0.25, 0.3) is 6.08 Å². The van der Waals surface area contributed by atoms with Crippen molar-refractivity contribution in [2.24, 2.45) is 0 Å². The largest absolute Gasteiger partial charge is 0.480 e. The normalized spacial score (nSPS) is 20.6. The van der Waals surface area contributed by atoms with Gasteiger partial charge >= 0.3 is 5.97 Å². The van der Waals surface area contributed by atoms with Gasteiger partial charge in [0, 0.05) is 24.2 Å². The lowest BCUT2D eigenvalue weighted by Gasteiger charge is -2.27. The molecule has 1 N–H and O–H groups in total. The maximum absolute atomic E-state index is 12.7. The fourth-order valence-electron chi connectivity index (χ4n) is 7.12. The van der Waals surface area contributed by atoms with E-state index in [0.29, 0.717) is 21.2 Å². The number of anilines is 1. The molecule has 4 rings (SSSR count). The van der Waals surface area contributed by atoms with Crippen LogP contribution in [0.4, 0.5) is 5.69 Å². The topological polar surface area (TPSA) is 60.9 Å². The van der Waals surface area contributed by atoms with Crippen molar-refractivity contribution >= 4 is 51.9 Å². The van der Waals surface area contributed by atoms with Crippen LogP contribution < -0.4 is 4.90 Å². The number of hydrogen-bond donors (Lipinski definition) is 1. The Hall–Kier alpha value is -1.86.